The molecule has 9 nitrogen and oxygen atoms in total. The Kier molecular flexibility index (Phi) is 8.33. The molecule has 0 bridgehead atoms. The second-order valence-corrected chi connectivity index (χ2v) is 6.37. The number of carbonyl (C=O) groups is 4. The maximum atomic E-state index is 12.1. The summed E-state index contributed by atoms with van der Waals surface area (Å²) in [7, 11) is 0. The van der Waals surface area contributed by atoms with Crippen LogP contribution in [0.1, 0.15) is 40.0 Å². The molecule has 0 aromatic carbocycles. The molecule has 0 aromatic heterocycles. The van der Waals surface area contributed by atoms with Crippen molar-refractivity contribution in [1.82, 2.24) is 21.3 Å². The Morgan fingerprint density at radius 1 is 1.20 bits per heavy atom. The topological polar surface area (TPSA) is 137 Å². The molecule has 0 radical (unpaired) electrons. The molecule has 1 rings (SSSR count). The second-order valence-electron chi connectivity index (χ2n) is 6.37. The third-order valence-corrected chi connectivity index (χ3v) is 4.35. The summed E-state index contributed by atoms with van der Waals surface area (Å²) < 4.78 is 0. The highest BCUT2D eigenvalue weighted by atomic mass is 16.4. The first-order valence-corrected chi connectivity index (χ1v) is 8.59. The van der Waals surface area contributed by atoms with Gasteiger partial charge in [-0.2, -0.15) is 0 Å². The Balaban J connectivity index is 2.41. The molecule has 9 heteroatoms. The van der Waals surface area contributed by atoms with Crippen molar-refractivity contribution in [3.05, 3.63) is 0 Å². The minimum atomic E-state index is -1.11. The fraction of sp³-hybridized carbons (Fsp3) is 0.750. The number of amides is 3. The third kappa shape index (κ3) is 6.69. The highest BCUT2D eigenvalue weighted by molar-refractivity contribution is 5.92. The summed E-state index contributed by atoms with van der Waals surface area (Å²) in [6.07, 6.45) is 2.25. The summed E-state index contributed by atoms with van der Waals surface area (Å²) in [5.41, 5.74) is 0. The monoisotopic (exact) mass is 356 g/mol. The van der Waals surface area contributed by atoms with Crippen LogP contribution in [0.4, 0.5) is 0 Å². The Morgan fingerprint density at radius 2 is 1.88 bits per heavy atom. The van der Waals surface area contributed by atoms with E-state index in [1.54, 1.807) is 6.92 Å². The van der Waals surface area contributed by atoms with E-state index in [2.05, 4.69) is 21.3 Å². The third-order valence-electron chi connectivity index (χ3n) is 4.35. The lowest BCUT2D eigenvalue weighted by atomic mass is 9.99. The number of aliphatic carboxylic acids is 1. The van der Waals surface area contributed by atoms with Crippen molar-refractivity contribution in [2.45, 2.75) is 58.2 Å². The lowest BCUT2D eigenvalue weighted by Gasteiger charge is -2.22. The Labute approximate surface area is 147 Å². The fourth-order valence-corrected chi connectivity index (χ4v) is 2.52. The minimum Gasteiger partial charge on any atom is -0.480 e. The molecule has 1 aliphatic heterocycles. The van der Waals surface area contributed by atoms with Crippen molar-refractivity contribution in [3.63, 3.8) is 0 Å². The highest BCUT2D eigenvalue weighted by Crippen LogP contribution is 2.08. The number of carboxylic acid groups (broad SMARTS) is 1. The van der Waals surface area contributed by atoms with Gasteiger partial charge in [-0.1, -0.05) is 20.3 Å². The predicted octanol–water partition coefficient (Wildman–Crippen LogP) is -1.03. The van der Waals surface area contributed by atoms with Gasteiger partial charge in [-0.25, -0.2) is 4.79 Å². The zero-order valence-electron chi connectivity index (χ0n) is 14.9. The van der Waals surface area contributed by atoms with Gasteiger partial charge in [0, 0.05) is 0 Å². The van der Waals surface area contributed by atoms with Crippen molar-refractivity contribution < 1.29 is 24.3 Å². The van der Waals surface area contributed by atoms with Crippen molar-refractivity contribution in [2.24, 2.45) is 5.92 Å². The molecule has 0 aliphatic carbocycles. The standard InChI is InChI=1S/C16H28N4O5/c1-4-9(2)13(16(24)25)20-14(22)10(3)19-12(21)8-18-15(23)11-6-5-7-17-11/h9-11,13,17H,4-8H2,1-3H3,(H,18,23)(H,19,21)(H,20,22)(H,24,25). The summed E-state index contributed by atoms with van der Waals surface area (Å²) in [4.78, 5) is 46.9. The molecule has 1 aliphatic rings. The van der Waals surface area contributed by atoms with Gasteiger partial charge in [0.15, 0.2) is 0 Å². The molecular weight excluding hydrogens is 328 g/mol. The minimum absolute atomic E-state index is 0.234. The SMILES string of the molecule is CCC(C)C(NC(=O)C(C)NC(=O)CNC(=O)C1CCCN1)C(=O)O. The van der Waals surface area contributed by atoms with E-state index < -0.39 is 29.9 Å². The number of hydrogen-bond acceptors (Lipinski definition) is 5. The van der Waals surface area contributed by atoms with Gasteiger partial charge < -0.3 is 26.4 Å². The largest absolute Gasteiger partial charge is 0.480 e. The lowest BCUT2D eigenvalue weighted by molar-refractivity contribution is -0.143. The van der Waals surface area contributed by atoms with Crippen LogP contribution in [0, 0.1) is 5.92 Å². The number of hydrogen-bond donors (Lipinski definition) is 5. The Hall–Kier alpha value is -2.16. The van der Waals surface area contributed by atoms with Crippen LogP contribution in [0.25, 0.3) is 0 Å². The van der Waals surface area contributed by atoms with E-state index in [4.69, 9.17) is 0 Å². The van der Waals surface area contributed by atoms with Crippen LogP contribution in [0.3, 0.4) is 0 Å². The Morgan fingerprint density at radius 3 is 2.40 bits per heavy atom. The van der Waals surface area contributed by atoms with E-state index in [9.17, 15) is 24.3 Å². The molecule has 0 aromatic rings. The van der Waals surface area contributed by atoms with Gasteiger partial charge >= 0.3 is 5.97 Å². The lowest BCUT2D eigenvalue weighted by Crippen LogP contribution is -2.53. The molecule has 142 valence electrons. The number of nitrogens with one attached hydrogen (secondary N) is 4. The number of carbonyl (C=O) groups excluding carboxylic acids is 3. The van der Waals surface area contributed by atoms with E-state index in [-0.39, 0.29) is 24.4 Å². The molecule has 4 atom stereocenters. The van der Waals surface area contributed by atoms with Gasteiger partial charge in [-0.05, 0) is 32.2 Å². The first-order chi connectivity index (χ1) is 11.8. The van der Waals surface area contributed by atoms with E-state index in [0.29, 0.717) is 6.42 Å². The average Bonchev–Trinajstić information content (AvgIpc) is 3.10. The van der Waals surface area contributed by atoms with Crippen LogP contribution in [0.15, 0.2) is 0 Å². The average molecular weight is 356 g/mol. The molecule has 25 heavy (non-hydrogen) atoms. The smallest absolute Gasteiger partial charge is 0.326 e. The molecule has 1 heterocycles. The van der Waals surface area contributed by atoms with Crippen molar-refractivity contribution >= 4 is 23.7 Å². The van der Waals surface area contributed by atoms with Crippen molar-refractivity contribution in [3.8, 4) is 0 Å². The first-order valence-electron chi connectivity index (χ1n) is 8.59. The molecule has 1 saturated heterocycles. The zero-order chi connectivity index (χ0) is 19.0. The maximum absolute atomic E-state index is 12.1. The van der Waals surface area contributed by atoms with Crippen LogP contribution in [-0.4, -0.2) is 60.0 Å². The van der Waals surface area contributed by atoms with Crippen LogP contribution in [0.2, 0.25) is 0 Å². The quantitative estimate of drug-likeness (QED) is 0.358. The fourth-order valence-electron chi connectivity index (χ4n) is 2.52. The van der Waals surface area contributed by atoms with E-state index in [1.165, 1.54) is 6.92 Å². The summed E-state index contributed by atoms with van der Waals surface area (Å²) in [5.74, 6) is -2.68. The summed E-state index contributed by atoms with van der Waals surface area (Å²) in [6, 6.07) is -2.19. The first kappa shape index (κ1) is 20.9. The Bertz CT molecular complexity index is 505. The van der Waals surface area contributed by atoms with E-state index in [0.717, 1.165) is 19.4 Å². The summed E-state index contributed by atoms with van der Waals surface area (Å²) >= 11 is 0. The van der Waals surface area contributed by atoms with Crippen LogP contribution < -0.4 is 21.3 Å². The van der Waals surface area contributed by atoms with Gasteiger partial charge in [0.05, 0.1) is 12.6 Å². The van der Waals surface area contributed by atoms with Gasteiger partial charge in [0.1, 0.15) is 12.1 Å². The predicted molar refractivity (Wildman–Crippen MR) is 90.7 cm³/mol. The number of carboxylic acids is 1. The maximum Gasteiger partial charge on any atom is 0.326 e. The van der Waals surface area contributed by atoms with Gasteiger partial charge in [0.25, 0.3) is 0 Å². The van der Waals surface area contributed by atoms with E-state index >= 15 is 0 Å². The van der Waals surface area contributed by atoms with Gasteiger partial charge in [0.2, 0.25) is 17.7 Å². The molecule has 5 N–H and O–H groups in total. The van der Waals surface area contributed by atoms with E-state index in [1.807, 2.05) is 6.92 Å². The van der Waals surface area contributed by atoms with Crippen molar-refractivity contribution in [2.75, 3.05) is 13.1 Å². The molecule has 0 spiro atoms. The highest BCUT2D eigenvalue weighted by Gasteiger charge is 2.28. The van der Waals surface area contributed by atoms with Gasteiger partial charge in [-0.15, -0.1) is 0 Å². The van der Waals surface area contributed by atoms with Crippen LogP contribution in [-0.2, 0) is 19.2 Å². The normalized spacial score (nSPS) is 20.2. The molecular formula is C16H28N4O5. The molecule has 1 fully saturated rings. The zero-order valence-corrected chi connectivity index (χ0v) is 14.9. The summed E-state index contributed by atoms with van der Waals surface area (Å²) in [6.45, 7) is 5.57. The number of rotatable bonds is 9. The second kappa shape index (κ2) is 9.97. The van der Waals surface area contributed by atoms with Crippen molar-refractivity contribution in [1.29, 1.82) is 0 Å². The van der Waals surface area contributed by atoms with Crippen LogP contribution in [0.5, 0.6) is 0 Å². The molecule has 4 unspecified atom stereocenters. The van der Waals surface area contributed by atoms with Gasteiger partial charge in [-0.3, -0.25) is 14.4 Å². The summed E-state index contributed by atoms with van der Waals surface area (Å²) in [5, 5.41) is 19.6. The molecule has 3 amide bonds. The van der Waals surface area contributed by atoms with Crippen LogP contribution >= 0.6 is 0 Å². The molecule has 0 saturated carbocycles.